The molecule has 0 fully saturated rings. The van der Waals surface area contributed by atoms with Crippen molar-refractivity contribution in [3.8, 4) is 0 Å². The lowest BCUT2D eigenvalue weighted by Gasteiger charge is -2.32. The standard InChI is InChI=1S/C105H66N4O3/c1-61-16-10-19-70(58-61)106(91-28-13-25-76-73-22-4-7-31-94(73)110-103(76)91)85-52-40-64-37-49-82-88(55-43-67-34-46-79(85)97(64)100(67)82)109(89-56-44-68-35-47-80-86(53-41-65-38-50-83(89)101(68)98(65)80)107(71-20-11-17-62(2)59-71)92-29-14-26-77-74-23-5-8-32-95(74)111-104(77)92)90-57-45-69-36-48-81-87(54-42-66-39-51-84(90)102(69)99(66)81)108(72-21-12-18-63(3)60-72)93-30-15-27-78-75-24-6-9-33-96(75)112-105(78)93/h4-60H,1-3H3. The van der Waals surface area contributed by atoms with Crippen LogP contribution in [0.15, 0.2) is 359 Å². The quantitative estimate of drug-likeness (QED) is 0.113. The zero-order valence-corrected chi connectivity index (χ0v) is 61.4. The van der Waals surface area contributed by atoms with E-state index in [2.05, 4.69) is 386 Å². The van der Waals surface area contributed by atoms with Crippen LogP contribution in [0.1, 0.15) is 16.7 Å². The number of aryl methyl sites for hydroxylation is 3. The monoisotopic (exact) mass is 1430 g/mol. The largest absolute Gasteiger partial charge is 0.454 e. The molecule has 0 amide bonds. The van der Waals surface area contributed by atoms with Crippen LogP contribution in [0.4, 0.5) is 68.2 Å². The SMILES string of the molecule is Cc1cccc(N(c2ccc3ccc4c(N(c5ccc6ccc7c(N(c8cccc(C)c8)c8cccc9c8oc8ccccc89)ccc8ccc5c6c87)c5ccc6ccc7c(N(c8cccc(C)c8)c8cccc9c8oc8ccccc89)ccc8ccc5c6c87)ccc5ccc2c3c54)c2cccc3c2oc2ccccc23)c1. The van der Waals surface area contributed by atoms with Crippen LogP contribution in [0, 0.1) is 20.8 Å². The van der Waals surface area contributed by atoms with Crippen molar-refractivity contribution in [1.82, 2.24) is 0 Å². The first-order chi connectivity index (χ1) is 55.3. The van der Waals surface area contributed by atoms with Gasteiger partial charge in [-0.2, -0.15) is 0 Å². The molecule has 0 aliphatic rings. The number of rotatable bonds is 12. The van der Waals surface area contributed by atoms with E-state index >= 15 is 0 Å². The summed E-state index contributed by atoms with van der Waals surface area (Å²) < 4.78 is 20.8. The van der Waals surface area contributed by atoms with E-state index in [1.807, 2.05) is 0 Å². The summed E-state index contributed by atoms with van der Waals surface area (Å²) >= 11 is 0. The maximum absolute atomic E-state index is 6.93. The highest BCUT2D eigenvalue weighted by Crippen LogP contribution is 2.56. The van der Waals surface area contributed by atoms with Gasteiger partial charge in [0.05, 0.1) is 51.2 Å². The second kappa shape index (κ2) is 23.7. The molecule has 24 aromatic rings. The van der Waals surface area contributed by atoms with E-state index in [9.17, 15) is 0 Å². The molecule has 7 nitrogen and oxygen atoms in total. The van der Waals surface area contributed by atoms with Crippen molar-refractivity contribution in [2.24, 2.45) is 0 Å². The average molecular weight is 1430 g/mol. The van der Waals surface area contributed by atoms with Crippen LogP contribution >= 0.6 is 0 Å². The van der Waals surface area contributed by atoms with Gasteiger partial charge >= 0.3 is 0 Å². The van der Waals surface area contributed by atoms with E-state index in [-0.39, 0.29) is 0 Å². The summed E-state index contributed by atoms with van der Waals surface area (Å²) in [4.78, 5) is 9.86. The van der Waals surface area contributed by atoms with Gasteiger partial charge in [0.25, 0.3) is 0 Å². The van der Waals surface area contributed by atoms with Gasteiger partial charge in [0.1, 0.15) is 16.7 Å². The van der Waals surface area contributed by atoms with Crippen LogP contribution in [-0.2, 0) is 0 Å². The fraction of sp³-hybridized carbons (Fsp3) is 0.0286. The first kappa shape index (κ1) is 62.4. The summed E-state index contributed by atoms with van der Waals surface area (Å²) in [5.74, 6) is 0. The first-order valence-corrected chi connectivity index (χ1v) is 38.5. The molecule has 524 valence electrons. The Morgan fingerprint density at radius 1 is 0.170 bits per heavy atom. The van der Waals surface area contributed by atoms with Gasteiger partial charge in [-0.05, 0) is 211 Å². The lowest BCUT2D eigenvalue weighted by Crippen LogP contribution is -2.13. The van der Waals surface area contributed by atoms with Crippen molar-refractivity contribution in [1.29, 1.82) is 0 Å². The topological polar surface area (TPSA) is 52.4 Å². The van der Waals surface area contributed by atoms with E-state index in [0.717, 1.165) is 199 Å². The van der Waals surface area contributed by atoms with Crippen LogP contribution in [-0.4, -0.2) is 0 Å². The molecule has 0 aliphatic heterocycles. The summed E-state index contributed by atoms with van der Waals surface area (Å²) in [6, 6.07) is 128. The van der Waals surface area contributed by atoms with Crippen molar-refractivity contribution in [3.05, 3.63) is 362 Å². The highest BCUT2D eigenvalue weighted by atomic mass is 16.3. The third kappa shape index (κ3) is 9.04. The minimum Gasteiger partial charge on any atom is -0.454 e. The maximum Gasteiger partial charge on any atom is 0.159 e. The number of furan rings is 3. The van der Waals surface area contributed by atoms with Gasteiger partial charge in [-0.3, -0.25) is 0 Å². The molecule has 3 heterocycles. The Kier molecular flexibility index (Phi) is 13.2. The van der Waals surface area contributed by atoms with Crippen LogP contribution in [0.25, 0.3) is 163 Å². The van der Waals surface area contributed by atoms with Crippen molar-refractivity contribution >= 4 is 231 Å². The minimum atomic E-state index is 0.843. The number of fused-ring (bicyclic) bond motifs is 9. The van der Waals surface area contributed by atoms with E-state index in [1.165, 1.54) is 49.0 Å². The van der Waals surface area contributed by atoms with Gasteiger partial charge < -0.3 is 32.9 Å². The van der Waals surface area contributed by atoms with Crippen molar-refractivity contribution < 1.29 is 13.3 Å². The highest BCUT2D eigenvalue weighted by molar-refractivity contribution is 6.34. The maximum atomic E-state index is 6.93. The van der Waals surface area contributed by atoms with Gasteiger partial charge in [-0.15, -0.1) is 0 Å². The molecule has 0 N–H and O–H groups in total. The molecule has 21 aromatic carbocycles. The predicted molar refractivity (Wildman–Crippen MR) is 472 cm³/mol. The Morgan fingerprint density at radius 2 is 0.393 bits per heavy atom. The van der Waals surface area contributed by atoms with Gasteiger partial charge in [0, 0.05) is 81.7 Å². The van der Waals surface area contributed by atoms with Gasteiger partial charge in [0.15, 0.2) is 16.7 Å². The van der Waals surface area contributed by atoms with E-state index in [1.54, 1.807) is 0 Å². The summed E-state index contributed by atoms with van der Waals surface area (Å²) in [7, 11) is 0. The van der Waals surface area contributed by atoms with Gasteiger partial charge in [0.2, 0.25) is 0 Å². The highest BCUT2D eigenvalue weighted by Gasteiger charge is 2.31. The summed E-state index contributed by atoms with van der Waals surface area (Å²) in [6.45, 7) is 6.53. The molecule has 24 rings (SSSR count). The zero-order chi connectivity index (χ0) is 73.7. The molecule has 3 aromatic heterocycles. The van der Waals surface area contributed by atoms with Crippen molar-refractivity contribution in [3.63, 3.8) is 0 Å². The second-order valence-corrected chi connectivity index (χ2v) is 30.4. The molecule has 0 spiro atoms. The van der Waals surface area contributed by atoms with Crippen LogP contribution in [0.2, 0.25) is 0 Å². The number of benzene rings is 21. The normalized spacial score (nSPS) is 12.2. The van der Waals surface area contributed by atoms with E-state index < -0.39 is 0 Å². The summed E-state index contributed by atoms with van der Waals surface area (Å²) in [5.41, 5.74) is 21.1. The Morgan fingerprint density at radius 3 is 0.652 bits per heavy atom. The summed E-state index contributed by atoms with van der Waals surface area (Å²) in [5, 5.41) is 27.5. The molecule has 0 saturated carbocycles. The molecule has 0 bridgehead atoms. The molecule has 7 heteroatoms. The third-order valence-electron chi connectivity index (χ3n) is 24.0. The molecule has 0 radical (unpaired) electrons. The van der Waals surface area contributed by atoms with Crippen molar-refractivity contribution in [2.75, 3.05) is 19.6 Å². The van der Waals surface area contributed by atoms with Gasteiger partial charge in [-0.1, -0.05) is 237 Å². The predicted octanol–water partition coefficient (Wildman–Crippen LogP) is 30.9. The smallest absolute Gasteiger partial charge is 0.159 e. The molecule has 0 atom stereocenters. The number of nitrogens with zero attached hydrogens (tertiary/aromatic N) is 4. The molecule has 0 unspecified atom stereocenters. The number of anilines is 12. The lowest BCUT2D eigenvalue weighted by atomic mass is 9.89. The second-order valence-electron chi connectivity index (χ2n) is 30.4. The Bertz CT molecular complexity index is 7310. The third-order valence-corrected chi connectivity index (χ3v) is 24.0. The lowest BCUT2D eigenvalue weighted by molar-refractivity contribution is 0.669. The molecule has 112 heavy (non-hydrogen) atoms. The Balaban J connectivity index is 0.769. The number of para-hydroxylation sites is 6. The number of hydrogen-bond donors (Lipinski definition) is 0. The van der Waals surface area contributed by atoms with Crippen LogP contribution < -0.4 is 19.6 Å². The summed E-state index contributed by atoms with van der Waals surface area (Å²) in [6.07, 6.45) is 0. The van der Waals surface area contributed by atoms with Crippen LogP contribution in [0.3, 0.4) is 0 Å². The van der Waals surface area contributed by atoms with Crippen molar-refractivity contribution in [2.45, 2.75) is 20.8 Å². The Hall–Kier alpha value is -14.7. The fourth-order valence-corrected chi connectivity index (χ4v) is 19.1. The molecule has 0 aliphatic carbocycles. The molecular formula is C105H66N4O3. The molecule has 0 saturated heterocycles. The minimum absolute atomic E-state index is 0.843. The van der Waals surface area contributed by atoms with Gasteiger partial charge in [-0.25, -0.2) is 0 Å². The number of hydrogen-bond acceptors (Lipinski definition) is 7. The first-order valence-electron chi connectivity index (χ1n) is 38.5. The zero-order valence-electron chi connectivity index (χ0n) is 61.4. The molecular weight excluding hydrogens is 1370 g/mol. The Labute approximate surface area is 643 Å². The van der Waals surface area contributed by atoms with E-state index in [0.29, 0.717) is 0 Å². The van der Waals surface area contributed by atoms with E-state index in [4.69, 9.17) is 13.3 Å². The van der Waals surface area contributed by atoms with Crippen LogP contribution in [0.5, 0.6) is 0 Å². The fourth-order valence-electron chi connectivity index (χ4n) is 19.1. The average Bonchev–Trinajstić information content (AvgIpc) is 0.930.